The number of hydrogen-bond acceptors (Lipinski definition) is 2. The van der Waals surface area contributed by atoms with Crippen LogP contribution in [-0.2, 0) is 9.53 Å². The Kier molecular flexibility index (Phi) is 1.21. The SMILES string of the molecule is O=C1OCC(Cl)=C1F. The smallest absolute Gasteiger partial charge is 0.368 e. The van der Waals surface area contributed by atoms with Crippen LogP contribution in [0.3, 0.4) is 0 Å². The molecule has 0 aromatic rings. The summed E-state index contributed by atoms with van der Waals surface area (Å²) < 4.78 is 16.1. The van der Waals surface area contributed by atoms with Gasteiger partial charge in [0.2, 0.25) is 5.83 Å². The van der Waals surface area contributed by atoms with Gasteiger partial charge in [0, 0.05) is 0 Å². The summed E-state index contributed by atoms with van der Waals surface area (Å²) in [4.78, 5) is 10.0. The van der Waals surface area contributed by atoms with Crippen molar-refractivity contribution in [3.63, 3.8) is 0 Å². The first-order chi connectivity index (χ1) is 3.72. The molecule has 1 aliphatic heterocycles. The highest BCUT2D eigenvalue weighted by molar-refractivity contribution is 6.32. The van der Waals surface area contributed by atoms with Gasteiger partial charge in [-0.15, -0.1) is 0 Å². The lowest BCUT2D eigenvalue weighted by Gasteiger charge is -1.83. The Bertz CT molecular complexity index is 163. The second kappa shape index (κ2) is 1.74. The number of rotatable bonds is 0. The van der Waals surface area contributed by atoms with Crippen molar-refractivity contribution >= 4 is 17.6 Å². The molecule has 0 saturated heterocycles. The lowest BCUT2D eigenvalue weighted by Crippen LogP contribution is -1.93. The van der Waals surface area contributed by atoms with Crippen LogP contribution in [0.2, 0.25) is 0 Å². The summed E-state index contributed by atoms with van der Waals surface area (Å²) in [5.74, 6) is -1.93. The topological polar surface area (TPSA) is 26.3 Å². The maximum atomic E-state index is 12.0. The van der Waals surface area contributed by atoms with E-state index >= 15 is 0 Å². The van der Waals surface area contributed by atoms with Crippen LogP contribution in [0.25, 0.3) is 0 Å². The maximum absolute atomic E-state index is 12.0. The van der Waals surface area contributed by atoms with Gasteiger partial charge < -0.3 is 4.74 Å². The number of cyclic esters (lactones) is 1. The molecule has 1 aliphatic rings. The van der Waals surface area contributed by atoms with Gasteiger partial charge in [0.05, 0.1) is 5.03 Å². The molecule has 0 saturated carbocycles. The van der Waals surface area contributed by atoms with E-state index in [1.807, 2.05) is 0 Å². The molecule has 4 heteroatoms. The van der Waals surface area contributed by atoms with Crippen LogP contribution < -0.4 is 0 Å². The van der Waals surface area contributed by atoms with Gasteiger partial charge in [-0.1, -0.05) is 11.6 Å². The predicted molar refractivity (Wildman–Crippen MR) is 24.9 cm³/mol. The Labute approximate surface area is 49.9 Å². The summed E-state index contributed by atoms with van der Waals surface area (Å²) in [5, 5.41) is -0.144. The Hall–Kier alpha value is -0.570. The van der Waals surface area contributed by atoms with Crippen LogP contribution in [0.5, 0.6) is 0 Å². The number of ether oxygens (including phenoxy) is 1. The molecule has 0 aromatic carbocycles. The molecular formula is C4H2ClFO2. The molecule has 0 unspecified atom stereocenters. The molecule has 0 atom stereocenters. The molecular weight excluding hydrogens is 134 g/mol. The minimum atomic E-state index is -0.966. The fourth-order valence-electron chi connectivity index (χ4n) is 0.366. The van der Waals surface area contributed by atoms with Crippen molar-refractivity contribution in [1.82, 2.24) is 0 Å². The Morgan fingerprint density at radius 3 is 2.50 bits per heavy atom. The molecule has 2 nitrogen and oxygen atoms in total. The average molecular weight is 137 g/mol. The Morgan fingerprint density at radius 2 is 2.38 bits per heavy atom. The van der Waals surface area contributed by atoms with Crippen molar-refractivity contribution in [2.45, 2.75) is 0 Å². The average Bonchev–Trinajstić information content (AvgIpc) is 1.98. The van der Waals surface area contributed by atoms with Crippen LogP contribution in [0.4, 0.5) is 4.39 Å². The monoisotopic (exact) mass is 136 g/mol. The highest BCUT2D eigenvalue weighted by atomic mass is 35.5. The van der Waals surface area contributed by atoms with Gasteiger partial charge in [0.15, 0.2) is 0 Å². The summed E-state index contributed by atoms with van der Waals surface area (Å²) in [6.07, 6.45) is 0. The van der Waals surface area contributed by atoms with E-state index in [2.05, 4.69) is 4.74 Å². The molecule has 1 heterocycles. The van der Waals surface area contributed by atoms with E-state index in [-0.39, 0.29) is 11.6 Å². The highest BCUT2D eigenvalue weighted by Gasteiger charge is 2.22. The zero-order chi connectivity index (χ0) is 6.15. The van der Waals surface area contributed by atoms with Crippen LogP contribution in [0.15, 0.2) is 10.9 Å². The predicted octanol–water partition coefficient (Wildman–Crippen LogP) is 0.963. The number of halogens is 2. The lowest BCUT2D eigenvalue weighted by atomic mass is 10.5. The van der Waals surface area contributed by atoms with E-state index in [0.29, 0.717) is 0 Å². The maximum Gasteiger partial charge on any atom is 0.368 e. The molecule has 0 bridgehead atoms. The number of hydrogen-bond donors (Lipinski definition) is 0. The highest BCUT2D eigenvalue weighted by Crippen LogP contribution is 2.19. The van der Waals surface area contributed by atoms with Gasteiger partial charge in [-0.05, 0) is 0 Å². The summed E-state index contributed by atoms with van der Waals surface area (Å²) in [6, 6.07) is 0. The standard InChI is InChI=1S/C4H2ClFO2/c5-2-1-8-4(7)3(2)6/h1H2. The van der Waals surface area contributed by atoms with Gasteiger partial charge in [-0.3, -0.25) is 0 Å². The molecule has 44 valence electrons. The van der Waals surface area contributed by atoms with Gasteiger partial charge in [0.25, 0.3) is 0 Å². The normalized spacial score (nSPS) is 19.5. The number of carbonyl (C=O) groups excluding carboxylic acids is 1. The molecule has 1 rings (SSSR count). The fraction of sp³-hybridized carbons (Fsp3) is 0.250. The van der Waals surface area contributed by atoms with Crippen molar-refractivity contribution in [3.8, 4) is 0 Å². The lowest BCUT2D eigenvalue weighted by molar-refractivity contribution is -0.137. The van der Waals surface area contributed by atoms with E-state index in [4.69, 9.17) is 11.6 Å². The van der Waals surface area contributed by atoms with Crippen molar-refractivity contribution in [3.05, 3.63) is 10.9 Å². The second-order valence-electron chi connectivity index (χ2n) is 1.30. The van der Waals surface area contributed by atoms with Crippen molar-refractivity contribution < 1.29 is 13.9 Å². The van der Waals surface area contributed by atoms with Crippen LogP contribution in [0, 0.1) is 0 Å². The van der Waals surface area contributed by atoms with Crippen molar-refractivity contribution in [2.24, 2.45) is 0 Å². The van der Waals surface area contributed by atoms with Crippen LogP contribution in [0.1, 0.15) is 0 Å². The third kappa shape index (κ3) is 0.690. The second-order valence-corrected chi connectivity index (χ2v) is 1.75. The first-order valence-corrected chi connectivity index (χ1v) is 2.31. The van der Waals surface area contributed by atoms with E-state index in [1.165, 1.54) is 0 Å². The molecule has 0 N–H and O–H groups in total. The molecule has 8 heavy (non-hydrogen) atoms. The third-order valence-electron chi connectivity index (χ3n) is 0.747. The van der Waals surface area contributed by atoms with Gasteiger partial charge in [-0.2, -0.15) is 4.39 Å². The molecule has 0 aliphatic carbocycles. The Balaban J connectivity index is 2.86. The zero-order valence-electron chi connectivity index (χ0n) is 3.78. The van der Waals surface area contributed by atoms with Crippen LogP contribution >= 0.6 is 11.6 Å². The largest absolute Gasteiger partial charge is 0.454 e. The molecule has 0 aromatic heterocycles. The first kappa shape index (κ1) is 5.56. The third-order valence-corrected chi connectivity index (χ3v) is 1.02. The summed E-state index contributed by atoms with van der Waals surface area (Å²) in [7, 11) is 0. The molecule has 0 amide bonds. The summed E-state index contributed by atoms with van der Waals surface area (Å²) in [6.45, 7) is -0.119. The zero-order valence-corrected chi connectivity index (χ0v) is 4.54. The minimum absolute atomic E-state index is 0.119. The summed E-state index contributed by atoms with van der Waals surface area (Å²) >= 11 is 5.12. The molecule has 0 spiro atoms. The fourth-order valence-corrected chi connectivity index (χ4v) is 0.498. The van der Waals surface area contributed by atoms with E-state index < -0.39 is 11.8 Å². The van der Waals surface area contributed by atoms with Gasteiger partial charge >= 0.3 is 5.97 Å². The Morgan fingerprint density at radius 1 is 1.75 bits per heavy atom. The van der Waals surface area contributed by atoms with E-state index in [9.17, 15) is 9.18 Å². The van der Waals surface area contributed by atoms with E-state index in [0.717, 1.165) is 0 Å². The van der Waals surface area contributed by atoms with E-state index in [1.54, 1.807) is 0 Å². The van der Waals surface area contributed by atoms with Gasteiger partial charge in [-0.25, -0.2) is 4.79 Å². The minimum Gasteiger partial charge on any atom is -0.454 e. The van der Waals surface area contributed by atoms with Crippen LogP contribution in [-0.4, -0.2) is 12.6 Å². The molecule has 0 fully saturated rings. The quantitative estimate of drug-likeness (QED) is 0.464. The number of carbonyl (C=O) groups is 1. The number of esters is 1. The summed E-state index contributed by atoms with van der Waals surface area (Å²) in [5.41, 5.74) is 0. The van der Waals surface area contributed by atoms with Crippen molar-refractivity contribution in [2.75, 3.05) is 6.61 Å². The van der Waals surface area contributed by atoms with Gasteiger partial charge in [0.1, 0.15) is 6.61 Å². The molecule has 0 radical (unpaired) electrons. The van der Waals surface area contributed by atoms with Crippen molar-refractivity contribution in [1.29, 1.82) is 0 Å². The first-order valence-electron chi connectivity index (χ1n) is 1.93.